The molecule has 2 rings (SSSR count). The minimum absolute atomic E-state index is 0.249. The number of likely N-dealkylation sites (N-methyl/N-ethyl adjacent to an activating group) is 1. The minimum Gasteiger partial charge on any atom is -0.373 e. The maximum Gasteiger partial charge on any atom is 0.0888 e. The summed E-state index contributed by atoms with van der Waals surface area (Å²) in [5.41, 5.74) is 0. The Bertz CT molecular complexity index is 351. The molecular formula is C11H15BrClNOS. The zero-order valence-corrected chi connectivity index (χ0v) is 12.5. The van der Waals surface area contributed by atoms with Crippen molar-refractivity contribution in [2.75, 3.05) is 7.05 Å². The Labute approximate surface area is 113 Å². The van der Waals surface area contributed by atoms with E-state index in [0.717, 1.165) is 21.7 Å². The van der Waals surface area contributed by atoms with Crippen LogP contribution < -0.4 is 5.32 Å². The molecule has 3 unspecified atom stereocenters. The summed E-state index contributed by atoms with van der Waals surface area (Å²) in [7, 11) is 1.97. The Kier molecular flexibility index (Phi) is 4.30. The second kappa shape index (κ2) is 5.36. The molecular weight excluding hydrogens is 310 g/mol. The molecule has 0 saturated carbocycles. The summed E-state index contributed by atoms with van der Waals surface area (Å²) >= 11 is 11.2. The van der Waals surface area contributed by atoms with Crippen LogP contribution in [0.5, 0.6) is 0 Å². The van der Waals surface area contributed by atoms with Crippen LogP contribution >= 0.6 is 38.9 Å². The van der Waals surface area contributed by atoms with Crippen LogP contribution in [0, 0.1) is 0 Å². The predicted octanol–water partition coefficient (Wildman–Crippen LogP) is 3.99. The van der Waals surface area contributed by atoms with Gasteiger partial charge in [0.15, 0.2) is 0 Å². The number of ether oxygens (including phenoxy) is 1. The maximum atomic E-state index is 6.06. The SMILES string of the molecule is CNC(c1cc(Cl)c(Br)s1)C1CCC(C)O1. The highest BCUT2D eigenvalue weighted by molar-refractivity contribution is 9.11. The largest absolute Gasteiger partial charge is 0.373 e. The fourth-order valence-electron chi connectivity index (χ4n) is 2.11. The predicted molar refractivity (Wildman–Crippen MR) is 72.4 cm³/mol. The molecule has 3 atom stereocenters. The number of thiophene rings is 1. The van der Waals surface area contributed by atoms with Gasteiger partial charge in [0.2, 0.25) is 0 Å². The first-order valence-electron chi connectivity index (χ1n) is 5.39. The van der Waals surface area contributed by atoms with Crippen LogP contribution in [0.4, 0.5) is 0 Å². The van der Waals surface area contributed by atoms with Gasteiger partial charge in [-0.1, -0.05) is 11.6 Å². The molecule has 1 aromatic rings. The van der Waals surface area contributed by atoms with E-state index in [4.69, 9.17) is 16.3 Å². The Morgan fingerprint density at radius 2 is 2.38 bits per heavy atom. The zero-order chi connectivity index (χ0) is 11.7. The average Bonchev–Trinajstić information content (AvgIpc) is 2.77. The summed E-state index contributed by atoms with van der Waals surface area (Å²) in [5, 5.41) is 4.11. The molecule has 1 aromatic heterocycles. The summed E-state index contributed by atoms with van der Waals surface area (Å²) in [5.74, 6) is 0. The fourth-order valence-corrected chi connectivity index (χ4v) is 4.02. The standard InChI is InChI=1S/C11H15BrClNOS/c1-6-3-4-8(15-6)10(14-2)9-5-7(13)11(12)16-9/h5-6,8,10,14H,3-4H2,1-2H3. The third kappa shape index (κ3) is 2.62. The van der Waals surface area contributed by atoms with E-state index in [1.54, 1.807) is 11.3 Å². The number of nitrogens with one attached hydrogen (secondary N) is 1. The zero-order valence-electron chi connectivity index (χ0n) is 9.30. The number of halogens is 2. The van der Waals surface area contributed by atoms with Gasteiger partial charge >= 0.3 is 0 Å². The first-order chi connectivity index (χ1) is 7.61. The van der Waals surface area contributed by atoms with Gasteiger partial charge in [0.25, 0.3) is 0 Å². The molecule has 0 amide bonds. The normalized spacial score (nSPS) is 27.2. The van der Waals surface area contributed by atoms with Crippen molar-refractivity contribution in [2.24, 2.45) is 0 Å². The third-order valence-corrected chi connectivity index (χ3v) is 5.48. The van der Waals surface area contributed by atoms with Crippen molar-refractivity contribution in [3.05, 3.63) is 19.8 Å². The molecule has 2 heterocycles. The minimum atomic E-state index is 0.249. The average molecular weight is 325 g/mol. The van der Waals surface area contributed by atoms with E-state index in [9.17, 15) is 0 Å². The lowest BCUT2D eigenvalue weighted by atomic mass is 10.1. The van der Waals surface area contributed by atoms with Crippen LogP contribution in [0.25, 0.3) is 0 Å². The lowest BCUT2D eigenvalue weighted by molar-refractivity contribution is 0.0341. The van der Waals surface area contributed by atoms with Crippen LogP contribution in [0.1, 0.15) is 30.7 Å². The van der Waals surface area contributed by atoms with Gasteiger partial charge in [-0.3, -0.25) is 0 Å². The Morgan fingerprint density at radius 1 is 1.62 bits per heavy atom. The van der Waals surface area contributed by atoms with Crippen molar-refractivity contribution in [2.45, 2.75) is 38.0 Å². The second-order valence-corrected chi connectivity index (χ2v) is 6.91. The molecule has 1 aliphatic rings. The van der Waals surface area contributed by atoms with Crippen molar-refractivity contribution in [3.8, 4) is 0 Å². The van der Waals surface area contributed by atoms with Gasteiger partial charge < -0.3 is 10.1 Å². The van der Waals surface area contributed by atoms with Gasteiger partial charge in [0.05, 0.1) is 27.1 Å². The monoisotopic (exact) mass is 323 g/mol. The van der Waals surface area contributed by atoms with E-state index in [1.165, 1.54) is 4.88 Å². The highest BCUT2D eigenvalue weighted by atomic mass is 79.9. The number of hydrogen-bond donors (Lipinski definition) is 1. The van der Waals surface area contributed by atoms with Gasteiger partial charge in [-0.15, -0.1) is 11.3 Å². The van der Waals surface area contributed by atoms with Gasteiger partial charge in [-0.25, -0.2) is 0 Å². The van der Waals surface area contributed by atoms with E-state index in [2.05, 4.69) is 28.2 Å². The molecule has 16 heavy (non-hydrogen) atoms. The molecule has 0 bridgehead atoms. The van der Waals surface area contributed by atoms with Crippen LogP contribution in [0.3, 0.4) is 0 Å². The second-order valence-electron chi connectivity index (χ2n) is 4.10. The van der Waals surface area contributed by atoms with Crippen LogP contribution in [-0.2, 0) is 4.74 Å². The van der Waals surface area contributed by atoms with Crippen molar-refractivity contribution in [3.63, 3.8) is 0 Å². The molecule has 90 valence electrons. The van der Waals surface area contributed by atoms with E-state index in [1.807, 2.05) is 13.1 Å². The molecule has 1 N–H and O–H groups in total. The van der Waals surface area contributed by atoms with E-state index < -0.39 is 0 Å². The molecule has 0 aliphatic carbocycles. The highest BCUT2D eigenvalue weighted by Gasteiger charge is 2.31. The Hall–Kier alpha value is 0.390. The fraction of sp³-hybridized carbons (Fsp3) is 0.636. The molecule has 0 spiro atoms. The first-order valence-corrected chi connectivity index (χ1v) is 7.38. The van der Waals surface area contributed by atoms with E-state index in [-0.39, 0.29) is 12.1 Å². The summed E-state index contributed by atoms with van der Waals surface area (Å²) in [6, 6.07) is 2.27. The number of hydrogen-bond acceptors (Lipinski definition) is 3. The van der Waals surface area contributed by atoms with E-state index >= 15 is 0 Å². The highest BCUT2D eigenvalue weighted by Crippen LogP contribution is 2.39. The lowest BCUT2D eigenvalue weighted by Crippen LogP contribution is -2.28. The van der Waals surface area contributed by atoms with Crippen LogP contribution in [0.15, 0.2) is 9.85 Å². The first kappa shape index (κ1) is 12.8. The summed E-state index contributed by atoms with van der Waals surface area (Å²) in [6.45, 7) is 2.13. The molecule has 0 aromatic carbocycles. The van der Waals surface area contributed by atoms with Crippen molar-refractivity contribution >= 4 is 38.9 Å². The topological polar surface area (TPSA) is 21.3 Å². The Morgan fingerprint density at radius 3 is 2.81 bits per heavy atom. The smallest absolute Gasteiger partial charge is 0.0888 e. The van der Waals surface area contributed by atoms with Crippen LogP contribution in [0.2, 0.25) is 5.02 Å². The summed E-state index contributed by atoms with van der Waals surface area (Å²) in [6.07, 6.45) is 2.89. The lowest BCUT2D eigenvalue weighted by Gasteiger charge is -2.21. The Balaban J connectivity index is 2.16. The molecule has 1 saturated heterocycles. The van der Waals surface area contributed by atoms with Crippen molar-refractivity contribution in [1.29, 1.82) is 0 Å². The van der Waals surface area contributed by atoms with Crippen molar-refractivity contribution < 1.29 is 4.74 Å². The van der Waals surface area contributed by atoms with E-state index in [0.29, 0.717) is 6.10 Å². The summed E-state index contributed by atoms with van der Waals surface area (Å²) < 4.78 is 6.90. The molecule has 5 heteroatoms. The van der Waals surface area contributed by atoms with Crippen molar-refractivity contribution in [1.82, 2.24) is 5.32 Å². The summed E-state index contributed by atoms with van der Waals surface area (Å²) in [4.78, 5) is 1.23. The maximum absolute atomic E-state index is 6.06. The van der Waals surface area contributed by atoms with Gasteiger partial charge in [0.1, 0.15) is 0 Å². The van der Waals surface area contributed by atoms with Gasteiger partial charge in [-0.2, -0.15) is 0 Å². The molecule has 2 nitrogen and oxygen atoms in total. The molecule has 1 aliphatic heterocycles. The number of rotatable bonds is 3. The van der Waals surface area contributed by atoms with Gasteiger partial charge in [-0.05, 0) is 48.8 Å². The van der Waals surface area contributed by atoms with Gasteiger partial charge in [0, 0.05) is 4.88 Å². The third-order valence-electron chi connectivity index (χ3n) is 2.92. The van der Waals surface area contributed by atoms with Crippen LogP contribution in [-0.4, -0.2) is 19.3 Å². The quantitative estimate of drug-likeness (QED) is 0.907. The molecule has 0 radical (unpaired) electrons. The molecule has 1 fully saturated rings.